The van der Waals surface area contributed by atoms with E-state index in [4.69, 9.17) is 0 Å². The molecule has 19 heavy (non-hydrogen) atoms. The van der Waals surface area contributed by atoms with Gasteiger partial charge >= 0.3 is 0 Å². The van der Waals surface area contributed by atoms with Crippen molar-refractivity contribution in [2.45, 2.75) is 52.9 Å². The van der Waals surface area contributed by atoms with E-state index in [-0.39, 0.29) is 11.3 Å². The molecule has 1 fully saturated rings. The van der Waals surface area contributed by atoms with E-state index in [0.717, 1.165) is 25.7 Å². The molecule has 2 atom stereocenters. The standard InChI is InChI=1S/C18H26O/c1-14-9-10-16(17(19)13-14)18(2,3)12-11-15-7-5-4-6-8-15/h4-8,14,16H,9-13H2,1-3H3/t14-,16-/m1/s1. The minimum Gasteiger partial charge on any atom is -0.299 e. The number of rotatable bonds is 4. The van der Waals surface area contributed by atoms with Crippen molar-refractivity contribution in [3.63, 3.8) is 0 Å². The van der Waals surface area contributed by atoms with Crippen LogP contribution < -0.4 is 0 Å². The molecule has 1 aromatic carbocycles. The maximum Gasteiger partial charge on any atom is 0.136 e. The Morgan fingerprint density at radius 2 is 1.84 bits per heavy atom. The Morgan fingerprint density at radius 3 is 2.47 bits per heavy atom. The summed E-state index contributed by atoms with van der Waals surface area (Å²) in [6.07, 6.45) is 5.27. The topological polar surface area (TPSA) is 17.1 Å². The van der Waals surface area contributed by atoms with Crippen molar-refractivity contribution in [1.82, 2.24) is 0 Å². The number of Topliss-reactive ketones (excluding diaryl/α,β-unsaturated/α-hetero) is 1. The maximum atomic E-state index is 12.3. The molecule has 0 aliphatic heterocycles. The molecule has 0 saturated heterocycles. The number of benzene rings is 1. The average Bonchev–Trinajstić information content (AvgIpc) is 2.37. The quantitative estimate of drug-likeness (QED) is 0.768. The first-order valence-electron chi connectivity index (χ1n) is 7.55. The molecule has 0 amide bonds. The van der Waals surface area contributed by atoms with Crippen LogP contribution in [0.3, 0.4) is 0 Å². The van der Waals surface area contributed by atoms with E-state index in [1.165, 1.54) is 12.0 Å². The van der Waals surface area contributed by atoms with E-state index in [1.807, 2.05) is 0 Å². The van der Waals surface area contributed by atoms with Crippen LogP contribution in [0, 0.1) is 17.3 Å². The van der Waals surface area contributed by atoms with Gasteiger partial charge in [-0.25, -0.2) is 0 Å². The highest BCUT2D eigenvalue weighted by Crippen LogP contribution is 2.40. The second-order valence-corrected chi connectivity index (χ2v) is 6.88. The Morgan fingerprint density at radius 1 is 1.16 bits per heavy atom. The predicted octanol–water partition coefficient (Wildman–Crippen LogP) is 4.65. The van der Waals surface area contributed by atoms with Gasteiger partial charge in [0.1, 0.15) is 5.78 Å². The Hall–Kier alpha value is -1.11. The van der Waals surface area contributed by atoms with Crippen LogP contribution in [0.5, 0.6) is 0 Å². The van der Waals surface area contributed by atoms with Crippen LogP contribution in [0.25, 0.3) is 0 Å². The Kier molecular flexibility index (Phi) is 4.44. The third-order valence-electron chi connectivity index (χ3n) is 4.73. The van der Waals surface area contributed by atoms with Gasteiger partial charge in [-0.3, -0.25) is 4.79 Å². The summed E-state index contributed by atoms with van der Waals surface area (Å²) in [7, 11) is 0. The summed E-state index contributed by atoms with van der Waals surface area (Å²) in [5.41, 5.74) is 1.51. The fourth-order valence-corrected chi connectivity index (χ4v) is 3.31. The van der Waals surface area contributed by atoms with Crippen LogP contribution in [0.1, 0.15) is 52.0 Å². The zero-order valence-corrected chi connectivity index (χ0v) is 12.5. The molecule has 0 unspecified atom stereocenters. The summed E-state index contributed by atoms with van der Waals surface area (Å²) in [6, 6.07) is 10.6. The highest BCUT2D eigenvalue weighted by atomic mass is 16.1. The first-order valence-corrected chi connectivity index (χ1v) is 7.55. The first kappa shape index (κ1) is 14.3. The molecular weight excluding hydrogens is 232 g/mol. The molecule has 0 bridgehead atoms. The molecular formula is C18H26O. The van der Waals surface area contributed by atoms with E-state index in [2.05, 4.69) is 51.1 Å². The van der Waals surface area contributed by atoms with Crippen LogP contribution in [-0.4, -0.2) is 5.78 Å². The Labute approximate surface area is 117 Å². The van der Waals surface area contributed by atoms with E-state index in [0.29, 0.717) is 11.7 Å². The van der Waals surface area contributed by atoms with Crippen LogP contribution in [0.4, 0.5) is 0 Å². The summed E-state index contributed by atoms with van der Waals surface area (Å²) >= 11 is 0. The minimum absolute atomic E-state index is 0.132. The Bertz CT molecular complexity index is 419. The molecule has 0 radical (unpaired) electrons. The van der Waals surface area contributed by atoms with Gasteiger partial charge in [0, 0.05) is 12.3 Å². The molecule has 0 aromatic heterocycles. The van der Waals surface area contributed by atoms with Crippen molar-refractivity contribution in [3.05, 3.63) is 35.9 Å². The first-order chi connectivity index (χ1) is 8.99. The van der Waals surface area contributed by atoms with Gasteiger partial charge in [0.25, 0.3) is 0 Å². The van der Waals surface area contributed by atoms with E-state index in [9.17, 15) is 4.79 Å². The number of ketones is 1. The van der Waals surface area contributed by atoms with Crippen molar-refractivity contribution < 1.29 is 4.79 Å². The summed E-state index contributed by atoms with van der Waals surface area (Å²) in [6.45, 7) is 6.74. The van der Waals surface area contributed by atoms with Crippen molar-refractivity contribution >= 4 is 5.78 Å². The van der Waals surface area contributed by atoms with Crippen LogP contribution in [-0.2, 0) is 11.2 Å². The zero-order valence-electron chi connectivity index (χ0n) is 12.5. The monoisotopic (exact) mass is 258 g/mol. The second kappa shape index (κ2) is 5.90. The molecule has 0 spiro atoms. The molecule has 1 aromatic rings. The second-order valence-electron chi connectivity index (χ2n) is 6.88. The Balaban J connectivity index is 1.96. The molecule has 1 heteroatoms. The van der Waals surface area contributed by atoms with Gasteiger partial charge in [0.2, 0.25) is 0 Å². The van der Waals surface area contributed by atoms with Gasteiger partial charge in [0.05, 0.1) is 0 Å². The SMILES string of the molecule is C[C@@H]1CC[C@@H](C(C)(C)CCc2ccccc2)C(=O)C1. The van der Waals surface area contributed by atoms with Gasteiger partial charge < -0.3 is 0 Å². The molecule has 1 nitrogen and oxygen atoms in total. The van der Waals surface area contributed by atoms with Gasteiger partial charge in [-0.1, -0.05) is 51.1 Å². The molecule has 0 N–H and O–H groups in total. The normalized spacial score (nSPS) is 24.5. The lowest BCUT2D eigenvalue weighted by Crippen LogP contribution is -2.35. The van der Waals surface area contributed by atoms with Crippen molar-refractivity contribution in [1.29, 1.82) is 0 Å². The largest absolute Gasteiger partial charge is 0.299 e. The predicted molar refractivity (Wildman–Crippen MR) is 80.1 cm³/mol. The number of hydrogen-bond acceptors (Lipinski definition) is 1. The number of hydrogen-bond donors (Lipinski definition) is 0. The highest BCUT2D eigenvalue weighted by Gasteiger charge is 2.37. The summed E-state index contributed by atoms with van der Waals surface area (Å²) < 4.78 is 0. The highest BCUT2D eigenvalue weighted by molar-refractivity contribution is 5.82. The van der Waals surface area contributed by atoms with Gasteiger partial charge in [-0.2, -0.15) is 0 Å². The molecule has 2 rings (SSSR count). The lowest BCUT2D eigenvalue weighted by Gasteiger charge is -2.37. The number of carbonyl (C=O) groups excluding carboxylic acids is 1. The van der Waals surface area contributed by atoms with Crippen LogP contribution in [0.2, 0.25) is 0 Å². The third kappa shape index (κ3) is 3.68. The van der Waals surface area contributed by atoms with E-state index < -0.39 is 0 Å². The number of carbonyl (C=O) groups is 1. The molecule has 1 aliphatic rings. The zero-order chi connectivity index (χ0) is 13.9. The molecule has 104 valence electrons. The lowest BCUT2D eigenvalue weighted by atomic mass is 9.66. The number of aryl methyl sites for hydroxylation is 1. The van der Waals surface area contributed by atoms with Crippen LogP contribution >= 0.6 is 0 Å². The summed E-state index contributed by atoms with van der Waals surface area (Å²) in [5.74, 6) is 1.36. The van der Waals surface area contributed by atoms with Crippen LogP contribution in [0.15, 0.2) is 30.3 Å². The van der Waals surface area contributed by atoms with Crippen molar-refractivity contribution in [2.24, 2.45) is 17.3 Å². The average molecular weight is 258 g/mol. The molecule has 1 aliphatic carbocycles. The minimum atomic E-state index is 0.132. The third-order valence-corrected chi connectivity index (χ3v) is 4.73. The fraction of sp³-hybridized carbons (Fsp3) is 0.611. The van der Waals surface area contributed by atoms with Crippen molar-refractivity contribution in [3.8, 4) is 0 Å². The summed E-state index contributed by atoms with van der Waals surface area (Å²) in [4.78, 5) is 12.3. The van der Waals surface area contributed by atoms with E-state index in [1.54, 1.807) is 0 Å². The van der Waals surface area contributed by atoms with Crippen molar-refractivity contribution in [2.75, 3.05) is 0 Å². The van der Waals surface area contributed by atoms with Gasteiger partial charge in [0.15, 0.2) is 0 Å². The maximum absolute atomic E-state index is 12.3. The summed E-state index contributed by atoms with van der Waals surface area (Å²) in [5, 5.41) is 0. The molecule has 1 saturated carbocycles. The smallest absolute Gasteiger partial charge is 0.136 e. The van der Waals surface area contributed by atoms with Gasteiger partial charge in [-0.05, 0) is 42.6 Å². The lowest BCUT2D eigenvalue weighted by molar-refractivity contribution is -0.130. The van der Waals surface area contributed by atoms with Gasteiger partial charge in [-0.15, -0.1) is 0 Å². The fourth-order valence-electron chi connectivity index (χ4n) is 3.31. The molecule has 0 heterocycles. The van der Waals surface area contributed by atoms with E-state index >= 15 is 0 Å².